The largest absolute Gasteiger partial charge is 0.489 e. The Labute approximate surface area is 199 Å². The molecule has 0 saturated carbocycles. The molecule has 172 valence electrons. The number of halogens is 2. The van der Waals surface area contributed by atoms with E-state index in [9.17, 15) is 9.18 Å². The van der Waals surface area contributed by atoms with E-state index < -0.39 is 0 Å². The monoisotopic (exact) mass is 466 g/mol. The van der Waals surface area contributed by atoms with E-state index in [0.717, 1.165) is 5.56 Å². The highest BCUT2D eigenvalue weighted by atomic mass is 35.5. The number of nitrogens with zero attached hydrogens (tertiary/aromatic N) is 1. The van der Waals surface area contributed by atoms with Crippen LogP contribution in [0.15, 0.2) is 77.6 Å². The summed E-state index contributed by atoms with van der Waals surface area (Å²) in [6.45, 7) is 5.11. The molecule has 0 spiro atoms. The third kappa shape index (κ3) is 5.10. The maximum Gasteiger partial charge on any atom is 0.258 e. The summed E-state index contributed by atoms with van der Waals surface area (Å²) in [5.74, 6) is 0.495. The van der Waals surface area contributed by atoms with Gasteiger partial charge in [-0.2, -0.15) is 0 Å². The van der Waals surface area contributed by atoms with Crippen LogP contribution in [0.2, 0.25) is 0 Å². The Morgan fingerprint density at radius 1 is 0.970 bits per heavy atom. The van der Waals surface area contributed by atoms with E-state index in [4.69, 9.17) is 10.5 Å². The van der Waals surface area contributed by atoms with Gasteiger partial charge in [0.2, 0.25) is 0 Å². The molecular formula is C27H28ClFN2O2. The first-order chi connectivity index (χ1) is 15.5. The van der Waals surface area contributed by atoms with Gasteiger partial charge in [-0.3, -0.25) is 4.79 Å². The van der Waals surface area contributed by atoms with Gasteiger partial charge in [0.1, 0.15) is 18.2 Å². The van der Waals surface area contributed by atoms with E-state index in [0.29, 0.717) is 46.5 Å². The molecule has 0 aliphatic heterocycles. The van der Waals surface area contributed by atoms with Gasteiger partial charge >= 0.3 is 0 Å². The molecule has 0 aliphatic rings. The number of fused-ring (bicyclic) bond motifs is 1. The Morgan fingerprint density at radius 3 is 2.33 bits per heavy atom. The van der Waals surface area contributed by atoms with Crippen molar-refractivity contribution in [3.8, 4) is 16.9 Å². The Morgan fingerprint density at radius 2 is 1.67 bits per heavy atom. The highest BCUT2D eigenvalue weighted by molar-refractivity contribution is 5.98. The van der Waals surface area contributed by atoms with Crippen LogP contribution in [0.3, 0.4) is 0 Å². The Hall–Kier alpha value is -3.15. The van der Waals surface area contributed by atoms with Crippen molar-refractivity contribution >= 4 is 23.2 Å². The van der Waals surface area contributed by atoms with Crippen LogP contribution in [0.5, 0.6) is 5.75 Å². The molecular weight excluding hydrogens is 439 g/mol. The van der Waals surface area contributed by atoms with Gasteiger partial charge in [-0.15, -0.1) is 12.4 Å². The van der Waals surface area contributed by atoms with Crippen molar-refractivity contribution in [3.63, 3.8) is 0 Å². The smallest absolute Gasteiger partial charge is 0.258 e. The zero-order valence-corrected chi connectivity index (χ0v) is 19.6. The first-order valence-electron chi connectivity index (χ1n) is 10.8. The molecule has 0 fully saturated rings. The molecule has 1 aromatic heterocycles. The fourth-order valence-corrected chi connectivity index (χ4v) is 4.04. The van der Waals surface area contributed by atoms with Crippen LogP contribution in [-0.4, -0.2) is 4.57 Å². The van der Waals surface area contributed by atoms with Crippen LogP contribution in [0, 0.1) is 11.7 Å². The minimum atomic E-state index is -0.353. The van der Waals surface area contributed by atoms with Crippen LogP contribution in [0.1, 0.15) is 25.1 Å². The molecule has 33 heavy (non-hydrogen) atoms. The summed E-state index contributed by atoms with van der Waals surface area (Å²) in [5, 5.41) is 1.17. The zero-order chi connectivity index (χ0) is 22.7. The summed E-state index contributed by atoms with van der Waals surface area (Å²) < 4.78 is 22.6. The SMILES string of the molecule is CC(C)Cn1c(CN)c(-c2ccccc2F)c2cc(OCc3ccccc3)ccc2c1=O.Cl. The quantitative estimate of drug-likeness (QED) is 0.367. The average molecular weight is 467 g/mol. The molecule has 0 saturated heterocycles. The number of benzene rings is 3. The third-order valence-corrected chi connectivity index (χ3v) is 5.48. The van der Waals surface area contributed by atoms with Gasteiger partial charge in [-0.1, -0.05) is 62.4 Å². The predicted molar refractivity (Wildman–Crippen MR) is 134 cm³/mol. The molecule has 0 aliphatic carbocycles. The first kappa shape index (κ1) is 24.5. The molecule has 0 amide bonds. The van der Waals surface area contributed by atoms with E-state index in [1.165, 1.54) is 6.07 Å². The minimum absolute atomic E-state index is 0. The van der Waals surface area contributed by atoms with Crippen LogP contribution in [-0.2, 0) is 19.7 Å². The van der Waals surface area contributed by atoms with Gasteiger partial charge in [0.05, 0.1) is 0 Å². The van der Waals surface area contributed by atoms with Gasteiger partial charge in [0.25, 0.3) is 5.56 Å². The molecule has 1 heterocycles. The standard InChI is InChI=1S/C27H27FN2O2.ClH/c1-18(2)16-30-25(15-29)26(22-10-6-7-11-24(22)28)23-14-20(12-13-21(23)27(30)31)32-17-19-8-4-3-5-9-19;/h3-14,18H,15-17,29H2,1-2H3;1H. The molecule has 4 rings (SSSR count). The molecule has 6 heteroatoms. The van der Waals surface area contributed by atoms with Gasteiger partial charge in [0.15, 0.2) is 0 Å². The van der Waals surface area contributed by atoms with E-state index in [1.54, 1.807) is 34.9 Å². The number of aromatic nitrogens is 1. The van der Waals surface area contributed by atoms with Gasteiger partial charge in [-0.25, -0.2) is 4.39 Å². The summed E-state index contributed by atoms with van der Waals surface area (Å²) in [4.78, 5) is 13.4. The molecule has 3 aromatic carbocycles. The van der Waals surface area contributed by atoms with Crippen molar-refractivity contribution in [2.24, 2.45) is 11.7 Å². The van der Waals surface area contributed by atoms with Gasteiger partial charge in [0, 0.05) is 40.7 Å². The van der Waals surface area contributed by atoms with Crippen LogP contribution >= 0.6 is 12.4 Å². The van der Waals surface area contributed by atoms with Crippen LogP contribution in [0.25, 0.3) is 21.9 Å². The fraction of sp³-hybridized carbons (Fsp3) is 0.222. The highest BCUT2D eigenvalue weighted by Crippen LogP contribution is 2.34. The zero-order valence-electron chi connectivity index (χ0n) is 18.8. The number of rotatable bonds is 7. The second kappa shape index (κ2) is 10.6. The number of ether oxygens (including phenoxy) is 1. The highest BCUT2D eigenvalue weighted by Gasteiger charge is 2.20. The predicted octanol–water partition coefficient (Wildman–Crippen LogP) is 5.92. The summed E-state index contributed by atoms with van der Waals surface area (Å²) in [7, 11) is 0. The van der Waals surface area contributed by atoms with E-state index in [1.807, 2.05) is 50.2 Å². The first-order valence-corrected chi connectivity index (χ1v) is 10.8. The summed E-state index contributed by atoms with van der Waals surface area (Å²) >= 11 is 0. The van der Waals surface area contributed by atoms with Crippen molar-refractivity contribution < 1.29 is 9.13 Å². The molecule has 0 bridgehead atoms. The molecule has 2 N–H and O–H groups in total. The van der Waals surface area contributed by atoms with Crippen molar-refractivity contribution in [3.05, 3.63) is 100 Å². The maximum absolute atomic E-state index is 14.9. The lowest BCUT2D eigenvalue weighted by molar-refractivity contribution is 0.306. The molecule has 0 atom stereocenters. The lowest BCUT2D eigenvalue weighted by Crippen LogP contribution is -2.28. The van der Waals surface area contributed by atoms with Gasteiger partial charge < -0.3 is 15.0 Å². The molecule has 4 aromatic rings. The summed E-state index contributed by atoms with van der Waals surface area (Å²) in [6.07, 6.45) is 0. The topological polar surface area (TPSA) is 57.2 Å². The van der Waals surface area contributed by atoms with Crippen LogP contribution < -0.4 is 16.0 Å². The van der Waals surface area contributed by atoms with Crippen molar-refractivity contribution in [2.45, 2.75) is 33.5 Å². The number of nitrogens with two attached hydrogens (primary N) is 1. The molecule has 4 nitrogen and oxygen atoms in total. The van der Waals surface area contributed by atoms with Crippen LogP contribution in [0.4, 0.5) is 4.39 Å². The number of hydrogen-bond acceptors (Lipinski definition) is 3. The van der Waals surface area contributed by atoms with E-state index >= 15 is 0 Å². The third-order valence-electron chi connectivity index (χ3n) is 5.48. The Bertz CT molecular complexity index is 1300. The summed E-state index contributed by atoms with van der Waals surface area (Å²) in [6, 6.07) is 21.8. The summed E-state index contributed by atoms with van der Waals surface area (Å²) in [5.41, 5.74) is 8.75. The molecule has 0 unspecified atom stereocenters. The molecule has 0 radical (unpaired) electrons. The van der Waals surface area contributed by atoms with Crippen molar-refractivity contribution in [1.29, 1.82) is 0 Å². The number of pyridine rings is 1. The van der Waals surface area contributed by atoms with Crippen molar-refractivity contribution in [1.82, 2.24) is 4.57 Å². The van der Waals surface area contributed by atoms with Gasteiger partial charge in [-0.05, 0) is 35.7 Å². The second-order valence-corrected chi connectivity index (χ2v) is 8.30. The fourth-order valence-electron chi connectivity index (χ4n) is 4.04. The van der Waals surface area contributed by atoms with E-state index in [2.05, 4.69) is 0 Å². The van der Waals surface area contributed by atoms with E-state index in [-0.39, 0.29) is 36.2 Å². The Kier molecular flexibility index (Phi) is 7.90. The number of hydrogen-bond donors (Lipinski definition) is 1. The average Bonchev–Trinajstić information content (AvgIpc) is 2.80. The Balaban J connectivity index is 0.00000306. The lowest BCUT2D eigenvalue weighted by atomic mass is 9.95. The second-order valence-electron chi connectivity index (χ2n) is 8.30. The normalized spacial score (nSPS) is 10.9. The maximum atomic E-state index is 14.9. The lowest BCUT2D eigenvalue weighted by Gasteiger charge is -2.21. The van der Waals surface area contributed by atoms with Crippen molar-refractivity contribution in [2.75, 3.05) is 0 Å². The minimum Gasteiger partial charge on any atom is -0.489 e.